The molecule has 7 heteroatoms. The molecule has 0 spiro atoms. The van der Waals surface area contributed by atoms with Gasteiger partial charge in [0.1, 0.15) is 23.7 Å². The minimum Gasteiger partial charge on any atom is -0.493 e. The minimum atomic E-state index is 0.469. The summed E-state index contributed by atoms with van der Waals surface area (Å²) < 4.78 is 18.7. The molecule has 4 aromatic rings. The van der Waals surface area contributed by atoms with Gasteiger partial charge >= 0.3 is 0 Å². The van der Waals surface area contributed by atoms with Crippen LogP contribution in [0.5, 0.6) is 17.2 Å². The van der Waals surface area contributed by atoms with Crippen molar-refractivity contribution in [3.63, 3.8) is 0 Å². The Balaban J connectivity index is 1.59. The van der Waals surface area contributed by atoms with E-state index < -0.39 is 0 Å². The molecule has 6 nitrogen and oxygen atoms in total. The molecule has 2 aromatic carbocycles. The van der Waals surface area contributed by atoms with E-state index in [4.69, 9.17) is 19.9 Å². The maximum Gasteiger partial charge on any atom is 0.163 e. The Hall–Kier alpha value is -3.19. The molecule has 0 saturated heterocycles. The van der Waals surface area contributed by atoms with E-state index in [-0.39, 0.29) is 0 Å². The molecule has 4 rings (SSSR count). The molecule has 2 aromatic heterocycles. The van der Waals surface area contributed by atoms with E-state index in [1.54, 1.807) is 31.9 Å². The molecule has 138 valence electrons. The van der Waals surface area contributed by atoms with Crippen LogP contribution in [-0.4, -0.2) is 23.8 Å². The van der Waals surface area contributed by atoms with Crippen molar-refractivity contribution in [1.29, 1.82) is 0 Å². The Kier molecular flexibility index (Phi) is 4.60. The summed E-state index contributed by atoms with van der Waals surface area (Å²) in [6, 6.07) is 13.5. The van der Waals surface area contributed by atoms with E-state index in [9.17, 15) is 0 Å². The molecule has 0 radical (unpaired) electrons. The Morgan fingerprint density at radius 2 is 1.89 bits per heavy atom. The number of anilines is 1. The maximum atomic E-state index is 5.90. The van der Waals surface area contributed by atoms with Crippen LogP contribution in [0.3, 0.4) is 0 Å². The van der Waals surface area contributed by atoms with Crippen molar-refractivity contribution in [2.24, 2.45) is 0 Å². The first-order valence-corrected chi connectivity index (χ1v) is 9.21. The number of hydrogen-bond acceptors (Lipinski definition) is 6. The lowest BCUT2D eigenvalue weighted by Crippen LogP contribution is -1.96. The first-order valence-electron chi connectivity index (χ1n) is 8.33. The van der Waals surface area contributed by atoms with Crippen molar-refractivity contribution < 1.29 is 14.2 Å². The van der Waals surface area contributed by atoms with Crippen LogP contribution in [0.15, 0.2) is 54.2 Å². The van der Waals surface area contributed by atoms with Gasteiger partial charge in [-0.15, -0.1) is 11.3 Å². The third kappa shape index (κ3) is 3.41. The summed E-state index contributed by atoms with van der Waals surface area (Å²) in [4.78, 5) is 4.47. The molecular weight excluding hydrogens is 362 g/mol. The topological polar surface area (TPSA) is 71.5 Å². The second kappa shape index (κ2) is 7.20. The fourth-order valence-corrected chi connectivity index (χ4v) is 3.69. The summed E-state index contributed by atoms with van der Waals surface area (Å²) >= 11 is 1.59. The first-order chi connectivity index (χ1) is 13.2. The summed E-state index contributed by atoms with van der Waals surface area (Å²) in [7, 11) is 3.24. The third-order valence-electron chi connectivity index (χ3n) is 4.21. The summed E-state index contributed by atoms with van der Waals surface area (Å²) in [5, 5.41) is 2.99. The van der Waals surface area contributed by atoms with Crippen molar-refractivity contribution in [1.82, 2.24) is 9.55 Å². The van der Waals surface area contributed by atoms with E-state index in [0.29, 0.717) is 18.1 Å². The second-order valence-corrected chi connectivity index (χ2v) is 6.85. The van der Waals surface area contributed by atoms with Gasteiger partial charge in [0.05, 0.1) is 25.3 Å². The van der Waals surface area contributed by atoms with Gasteiger partial charge in [-0.3, -0.25) is 4.57 Å². The monoisotopic (exact) mass is 381 g/mol. The average Bonchev–Trinajstić information content (AvgIpc) is 3.31. The lowest BCUT2D eigenvalue weighted by Gasteiger charge is -2.08. The number of methoxy groups -OCH3 is 2. The molecule has 0 aliphatic heterocycles. The summed E-state index contributed by atoms with van der Waals surface area (Å²) in [5.41, 5.74) is 9.36. The van der Waals surface area contributed by atoms with Crippen molar-refractivity contribution >= 4 is 28.1 Å². The number of nitrogens with zero attached hydrogens (tertiary/aromatic N) is 2. The van der Waals surface area contributed by atoms with E-state index in [1.807, 2.05) is 52.4 Å². The quantitative estimate of drug-likeness (QED) is 0.505. The number of nitrogen functional groups attached to an aromatic ring is 1. The number of fused-ring (bicyclic) bond motifs is 1. The second-order valence-electron chi connectivity index (χ2n) is 5.96. The number of benzene rings is 2. The Morgan fingerprint density at radius 1 is 1.07 bits per heavy atom. The summed E-state index contributed by atoms with van der Waals surface area (Å²) in [5.74, 6) is 2.13. The Labute approximate surface area is 160 Å². The smallest absolute Gasteiger partial charge is 0.163 e. The van der Waals surface area contributed by atoms with Gasteiger partial charge in [0.25, 0.3) is 0 Å². The van der Waals surface area contributed by atoms with E-state index in [2.05, 4.69) is 4.98 Å². The Morgan fingerprint density at radius 3 is 2.67 bits per heavy atom. The van der Waals surface area contributed by atoms with Crippen LogP contribution in [0.4, 0.5) is 5.69 Å². The molecule has 2 N–H and O–H groups in total. The summed E-state index contributed by atoms with van der Waals surface area (Å²) in [6.45, 7) is 0.469. The van der Waals surface area contributed by atoms with Crippen LogP contribution >= 0.6 is 11.3 Å². The Bertz CT molecular complexity index is 1090. The fourth-order valence-electron chi connectivity index (χ4n) is 2.87. The van der Waals surface area contributed by atoms with Gasteiger partial charge < -0.3 is 19.9 Å². The third-order valence-corrected chi connectivity index (χ3v) is 5.11. The number of rotatable bonds is 6. The van der Waals surface area contributed by atoms with Crippen LogP contribution < -0.4 is 19.9 Å². The number of aromatic nitrogens is 2. The minimum absolute atomic E-state index is 0.469. The van der Waals surface area contributed by atoms with Crippen LogP contribution in [0.2, 0.25) is 0 Å². The largest absolute Gasteiger partial charge is 0.493 e. The van der Waals surface area contributed by atoms with Crippen molar-refractivity contribution in [3.8, 4) is 22.2 Å². The molecule has 2 heterocycles. The van der Waals surface area contributed by atoms with Gasteiger partial charge in [0.15, 0.2) is 11.5 Å². The highest BCUT2D eigenvalue weighted by Crippen LogP contribution is 2.34. The number of thiophene rings is 1. The zero-order chi connectivity index (χ0) is 18.8. The van der Waals surface area contributed by atoms with E-state index in [0.717, 1.165) is 33.0 Å². The van der Waals surface area contributed by atoms with Gasteiger partial charge in [-0.25, -0.2) is 4.98 Å². The van der Waals surface area contributed by atoms with Crippen LogP contribution in [0.25, 0.3) is 16.0 Å². The molecule has 0 aliphatic rings. The number of nitrogens with two attached hydrogens (primary N) is 1. The lowest BCUT2D eigenvalue weighted by molar-refractivity contribution is 0.307. The molecule has 0 unspecified atom stereocenters. The number of imidazole rings is 1. The zero-order valence-corrected chi connectivity index (χ0v) is 15.8. The molecular formula is C20H19N3O3S. The molecule has 0 fully saturated rings. The zero-order valence-electron chi connectivity index (χ0n) is 15.0. The summed E-state index contributed by atoms with van der Waals surface area (Å²) in [6.07, 6.45) is 1.79. The highest BCUT2D eigenvalue weighted by atomic mass is 32.1. The number of hydrogen-bond donors (Lipinski definition) is 1. The maximum absolute atomic E-state index is 5.90. The van der Waals surface area contributed by atoms with Gasteiger partial charge in [-0.1, -0.05) is 12.1 Å². The van der Waals surface area contributed by atoms with Crippen molar-refractivity contribution in [2.45, 2.75) is 6.61 Å². The van der Waals surface area contributed by atoms with E-state index >= 15 is 0 Å². The highest BCUT2D eigenvalue weighted by Gasteiger charge is 2.13. The van der Waals surface area contributed by atoms with Crippen LogP contribution in [0.1, 0.15) is 5.56 Å². The highest BCUT2D eigenvalue weighted by molar-refractivity contribution is 7.12. The van der Waals surface area contributed by atoms with Gasteiger partial charge in [-0.2, -0.15) is 0 Å². The predicted octanol–water partition coefficient (Wildman–Crippen LogP) is 4.27. The van der Waals surface area contributed by atoms with Crippen LogP contribution in [-0.2, 0) is 6.61 Å². The standard InChI is InChI=1S/C20H19N3O3S/c1-24-18-8-16-17(9-19(18)25-2)23(12-22-16)20-7-15(11-27-20)26-10-13-4-3-5-14(21)6-13/h3-9,11-12H,10,21H2,1-2H3. The SMILES string of the molecule is COc1cc2ncn(-c3cc(OCc4cccc(N)c4)cs3)c2cc1OC. The van der Waals surface area contributed by atoms with Gasteiger partial charge in [-0.05, 0) is 17.7 Å². The normalized spacial score (nSPS) is 10.9. The van der Waals surface area contributed by atoms with Gasteiger partial charge in [0.2, 0.25) is 0 Å². The fraction of sp³-hybridized carbons (Fsp3) is 0.150. The molecule has 0 bridgehead atoms. The first kappa shape index (κ1) is 17.2. The average molecular weight is 381 g/mol. The predicted molar refractivity (Wildman–Crippen MR) is 107 cm³/mol. The van der Waals surface area contributed by atoms with E-state index in [1.165, 1.54) is 0 Å². The molecule has 0 amide bonds. The molecule has 0 atom stereocenters. The molecule has 27 heavy (non-hydrogen) atoms. The van der Waals surface area contributed by atoms with Crippen molar-refractivity contribution in [3.05, 3.63) is 59.7 Å². The lowest BCUT2D eigenvalue weighted by atomic mass is 10.2. The van der Waals surface area contributed by atoms with Crippen molar-refractivity contribution in [2.75, 3.05) is 20.0 Å². The molecule has 0 saturated carbocycles. The van der Waals surface area contributed by atoms with Crippen LogP contribution in [0, 0.1) is 0 Å². The number of ether oxygens (including phenoxy) is 3. The van der Waals surface area contributed by atoms with Gasteiger partial charge in [0, 0.05) is 29.3 Å². The molecule has 0 aliphatic carbocycles.